The van der Waals surface area contributed by atoms with Crippen molar-refractivity contribution in [3.63, 3.8) is 0 Å². The van der Waals surface area contributed by atoms with Gasteiger partial charge in [0.2, 0.25) is 15.9 Å². The second-order valence-electron chi connectivity index (χ2n) is 7.38. The SMILES string of the molecule is COC(=O)CC1=C(C(=O)O)N2C(=O)[C@@H](NC(=O)C(N)c3cccc(NS(C)(=O)=O)c3)[C@@H]2SC1. The molecule has 0 spiro atoms. The van der Waals surface area contributed by atoms with E-state index in [1.54, 1.807) is 0 Å². The lowest BCUT2D eigenvalue weighted by Gasteiger charge is -2.49. The predicted octanol–water partition coefficient (Wildman–Crippen LogP) is -0.640. The molecule has 2 amide bonds. The maximum Gasteiger partial charge on any atom is 0.352 e. The van der Waals surface area contributed by atoms with E-state index in [9.17, 15) is 32.7 Å². The van der Waals surface area contributed by atoms with Crippen LogP contribution in [-0.4, -0.2) is 72.7 Å². The Bertz CT molecular complexity index is 1150. The van der Waals surface area contributed by atoms with E-state index in [0.717, 1.165) is 11.2 Å². The summed E-state index contributed by atoms with van der Waals surface area (Å²) in [7, 11) is -2.35. The highest BCUT2D eigenvalue weighted by molar-refractivity contribution is 8.00. The summed E-state index contributed by atoms with van der Waals surface area (Å²) in [5.74, 6) is -3.14. The molecule has 1 unspecified atom stereocenters. The number of nitrogens with zero attached hydrogens (tertiary/aromatic N) is 1. The number of carbonyl (C=O) groups is 4. The van der Waals surface area contributed by atoms with Gasteiger partial charge in [0.25, 0.3) is 5.91 Å². The van der Waals surface area contributed by atoms with Crippen LogP contribution in [0.1, 0.15) is 18.0 Å². The van der Waals surface area contributed by atoms with E-state index >= 15 is 0 Å². The van der Waals surface area contributed by atoms with Gasteiger partial charge in [0, 0.05) is 11.4 Å². The number of benzene rings is 1. The molecule has 1 saturated heterocycles. The molecule has 0 bridgehead atoms. The first-order valence-electron chi connectivity index (χ1n) is 9.53. The summed E-state index contributed by atoms with van der Waals surface area (Å²) in [5, 5.41) is 11.4. The van der Waals surface area contributed by atoms with Crippen LogP contribution >= 0.6 is 11.8 Å². The van der Waals surface area contributed by atoms with Gasteiger partial charge in [-0.25, -0.2) is 13.2 Å². The molecule has 1 aromatic rings. The number of thioether (sulfide) groups is 1. The Morgan fingerprint density at radius 1 is 1.36 bits per heavy atom. The van der Waals surface area contributed by atoms with Crippen LogP contribution in [-0.2, 0) is 33.9 Å². The van der Waals surface area contributed by atoms with Crippen LogP contribution in [0.3, 0.4) is 0 Å². The quantitative estimate of drug-likeness (QED) is 0.265. The number of methoxy groups -OCH3 is 1. The van der Waals surface area contributed by atoms with Gasteiger partial charge in [0.1, 0.15) is 23.2 Å². The van der Waals surface area contributed by atoms with Gasteiger partial charge in [-0.3, -0.25) is 24.0 Å². The van der Waals surface area contributed by atoms with Crippen LogP contribution in [0.4, 0.5) is 5.69 Å². The number of β-lactam (4-membered cyclic amide) rings is 1. The lowest BCUT2D eigenvalue weighted by Crippen LogP contribution is -2.71. The van der Waals surface area contributed by atoms with Gasteiger partial charge >= 0.3 is 11.9 Å². The summed E-state index contributed by atoms with van der Waals surface area (Å²) in [5.41, 5.74) is 6.50. The molecule has 0 radical (unpaired) electrons. The number of nitrogens with one attached hydrogen (secondary N) is 2. The lowest BCUT2D eigenvalue weighted by atomic mass is 10.00. The molecule has 5 N–H and O–H groups in total. The average molecular weight is 499 g/mol. The van der Waals surface area contributed by atoms with Crippen LogP contribution in [0.5, 0.6) is 0 Å². The summed E-state index contributed by atoms with van der Waals surface area (Å²) in [6, 6.07) is 3.75. The number of anilines is 1. The van der Waals surface area contributed by atoms with Crippen molar-refractivity contribution in [1.82, 2.24) is 10.2 Å². The molecule has 1 fully saturated rings. The molecule has 14 heteroatoms. The Morgan fingerprint density at radius 3 is 2.67 bits per heavy atom. The topological polar surface area (TPSA) is 185 Å². The minimum atomic E-state index is -3.53. The fraction of sp³-hybridized carbons (Fsp3) is 0.368. The number of rotatable bonds is 8. The first kappa shape index (κ1) is 24.5. The van der Waals surface area contributed by atoms with Crippen molar-refractivity contribution in [3.05, 3.63) is 41.1 Å². The van der Waals surface area contributed by atoms with Crippen molar-refractivity contribution in [3.8, 4) is 0 Å². The van der Waals surface area contributed by atoms with Crippen LogP contribution in [0.15, 0.2) is 35.5 Å². The number of fused-ring (bicyclic) bond motifs is 1. The molecular formula is C19H22N4O8S2. The largest absolute Gasteiger partial charge is 0.477 e. The van der Waals surface area contributed by atoms with Crippen molar-refractivity contribution in [2.75, 3.05) is 23.8 Å². The molecule has 0 aliphatic carbocycles. The number of carbonyl (C=O) groups excluding carboxylic acids is 3. The molecule has 12 nitrogen and oxygen atoms in total. The highest BCUT2D eigenvalue weighted by Gasteiger charge is 2.54. The van der Waals surface area contributed by atoms with Gasteiger partial charge in [-0.15, -0.1) is 11.8 Å². The van der Waals surface area contributed by atoms with Crippen LogP contribution in [0, 0.1) is 0 Å². The number of sulfonamides is 1. The van der Waals surface area contributed by atoms with Crippen molar-refractivity contribution in [1.29, 1.82) is 0 Å². The van der Waals surface area contributed by atoms with E-state index in [1.165, 1.54) is 43.1 Å². The maximum absolute atomic E-state index is 12.7. The fourth-order valence-corrected chi connectivity index (χ4v) is 5.37. The van der Waals surface area contributed by atoms with E-state index in [4.69, 9.17) is 5.73 Å². The van der Waals surface area contributed by atoms with E-state index in [-0.39, 0.29) is 29.1 Å². The van der Waals surface area contributed by atoms with Gasteiger partial charge < -0.3 is 20.9 Å². The molecule has 3 atom stereocenters. The Labute approximate surface area is 193 Å². The van der Waals surface area contributed by atoms with Crippen molar-refractivity contribution < 1.29 is 37.4 Å². The number of aliphatic carboxylic acids is 1. The molecular weight excluding hydrogens is 476 g/mol. The third kappa shape index (κ3) is 5.29. The second-order valence-corrected chi connectivity index (χ2v) is 10.2. The summed E-state index contributed by atoms with van der Waals surface area (Å²) in [6.45, 7) is 0. The first-order valence-corrected chi connectivity index (χ1v) is 12.5. The third-order valence-electron chi connectivity index (χ3n) is 4.96. The standard InChI is InChI=1S/C19H22N4O8S2/c1-31-12(24)7-10-8-32-18-14(17(26)23(18)15(10)19(27)28)21-16(25)13(20)9-4-3-5-11(6-9)22-33(2,29)30/h3-6,13-14,18,22H,7-8,20H2,1-2H3,(H,21,25)(H,27,28)/t13?,14-,18+/m1/s1. The molecule has 1 aromatic carbocycles. The van der Waals surface area contributed by atoms with Crippen molar-refractivity contribution in [2.24, 2.45) is 5.73 Å². The summed E-state index contributed by atoms with van der Waals surface area (Å²) < 4.78 is 29.7. The van der Waals surface area contributed by atoms with Crippen LogP contribution < -0.4 is 15.8 Å². The lowest BCUT2D eigenvalue weighted by molar-refractivity contribution is -0.151. The minimum absolute atomic E-state index is 0.169. The number of esters is 1. The number of hydrogen-bond donors (Lipinski definition) is 4. The Kier molecular flexibility index (Phi) is 7.00. The van der Waals surface area contributed by atoms with E-state index in [2.05, 4.69) is 14.8 Å². The smallest absolute Gasteiger partial charge is 0.352 e. The number of nitrogens with two attached hydrogens (primary N) is 1. The normalized spacial score (nSPS) is 20.9. The molecule has 0 saturated carbocycles. The Hall–Kier alpha value is -3.10. The number of amides is 2. The molecule has 3 rings (SSSR count). The maximum atomic E-state index is 12.7. The average Bonchev–Trinajstić information content (AvgIpc) is 2.75. The number of carboxylic acids is 1. The Morgan fingerprint density at radius 2 is 2.06 bits per heavy atom. The Balaban J connectivity index is 1.73. The summed E-state index contributed by atoms with van der Waals surface area (Å²) in [4.78, 5) is 49.7. The molecule has 2 aliphatic rings. The molecule has 178 valence electrons. The zero-order chi connectivity index (χ0) is 24.5. The fourth-order valence-electron chi connectivity index (χ4n) is 3.47. The van der Waals surface area contributed by atoms with E-state index in [1.807, 2.05) is 0 Å². The van der Waals surface area contributed by atoms with Gasteiger partial charge in [-0.05, 0) is 23.3 Å². The summed E-state index contributed by atoms with van der Waals surface area (Å²) >= 11 is 1.21. The number of carboxylic acid groups (broad SMARTS) is 1. The van der Waals surface area contributed by atoms with Gasteiger partial charge in [-0.1, -0.05) is 12.1 Å². The van der Waals surface area contributed by atoms with Gasteiger partial charge in [0.05, 0.1) is 19.8 Å². The van der Waals surface area contributed by atoms with Crippen molar-refractivity contribution in [2.45, 2.75) is 23.9 Å². The van der Waals surface area contributed by atoms with Gasteiger partial charge in [0.15, 0.2) is 0 Å². The molecule has 0 aromatic heterocycles. The van der Waals surface area contributed by atoms with Gasteiger partial charge in [-0.2, -0.15) is 0 Å². The minimum Gasteiger partial charge on any atom is -0.477 e. The van der Waals surface area contributed by atoms with Crippen LogP contribution in [0.25, 0.3) is 0 Å². The van der Waals surface area contributed by atoms with Crippen molar-refractivity contribution >= 4 is 51.2 Å². The third-order valence-corrected chi connectivity index (χ3v) is 6.91. The molecule has 2 aliphatic heterocycles. The van der Waals surface area contributed by atoms with E-state index < -0.39 is 51.2 Å². The monoisotopic (exact) mass is 498 g/mol. The first-order chi connectivity index (χ1) is 15.4. The zero-order valence-electron chi connectivity index (χ0n) is 17.6. The highest BCUT2D eigenvalue weighted by Crippen LogP contribution is 2.41. The molecule has 33 heavy (non-hydrogen) atoms. The molecule has 2 heterocycles. The highest BCUT2D eigenvalue weighted by atomic mass is 32.2. The van der Waals surface area contributed by atoms with E-state index in [0.29, 0.717) is 5.56 Å². The van der Waals surface area contributed by atoms with Crippen LogP contribution in [0.2, 0.25) is 0 Å². The number of hydrogen-bond acceptors (Lipinski definition) is 9. The summed E-state index contributed by atoms with van der Waals surface area (Å²) in [6.07, 6.45) is 0.722. The second kappa shape index (κ2) is 9.41. The zero-order valence-corrected chi connectivity index (χ0v) is 19.2. The predicted molar refractivity (Wildman–Crippen MR) is 118 cm³/mol. The number of ether oxygens (including phenoxy) is 1.